The van der Waals surface area contributed by atoms with Gasteiger partial charge in [-0.2, -0.15) is 0 Å². The molecular weight excluding hydrogens is 354 g/mol. The van der Waals surface area contributed by atoms with Crippen LogP contribution in [0.3, 0.4) is 0 Å². The van der Waals surface area contributed by atoms with Crippen molar-refractivity contribution in [3.05, 3.63) is 53.6 Å². The van der Waals surface area contributed by atoms with E-state index in [9.17, 15) is 14.7 Å². The van der Waals surface area contributed by atoms with Gasteiger partial charge in [0.2, 0.25) is 0 Å². The smallest absolute Gasteiger partial charge is 0.305 e. The molecule has 0 aromatic heterocycles. The Labute approximate surface area is 156 Å². The number of amides is 1. The van der Waals surface area contributed by atoms with Gasteiger partial charge in [0, 0.05) is 10.5 Å². The van der Waals surface area contributed by atoms with Crippen molar-refractivity contribution in [1.82, 2.24) is 5.32 Å². The van der Waals surface area contributed by atoms with Crippen LogP contribution in [-0.4, -0.2) is 37.5 Å². The van der Waals surface area contributed by atoms with Crippen molar-refractivity contribution in [3.63, 3.8) is 0 Å². The Morgan fingerprint density at radius 2 is 1.73 bits per heavy atom. The van der Waals surface area contributed by atoms with Gasteiger partial charge in [-0.05, 0) is 42.2 Å². The molecule has 0 spiro atoms. The first-order valence-corrected chi connectivity index (χ1v) is 9.09. The molecule has 7 heteroatoms. The highest BCUT2D eigenvalue weighted by Gasteiger charge is 2.20. The molecule has 0 fully saturated rings. The van der Waals surface area contributed by atoms with Crippen LogP contribution < -0.4 is 14.8 Å². The lowest BCUT2D eigenvalue weighted by atomic mass is 10.0. The second-order valence-corrected chi connectivity index (χ2v) is 6.35. The summed E-state index contributed by atoms with van der Waals surface area (Å²) in [5.41, 5.74) is 1.10. The lowest BCUT2D eigenvalue weighted by Crippen LogP contribution is -2.30. The highest BCUT2D eigenvalue weighted by molar-refractivity contribution is 7.98. The zero-order chi connectivity index (χ0) is 19.1. The SMILES string of the molecule is COc1ccc(C(=O)NC(CC(=O)O)c2ccc(SC)cc2)cc1OC. The minimum absolute atomic E-state index is 0.211. The largest absolute Gasteiger partial charge is 0.493 e. The number of hydrogen-bond donors (Lipinski definition) is 2. The summed E-state index contributed by atoms with van der Waals surface area (Å²) >= 11 is 1.59. The van der Waals surface area contributed by atoms with E-state index in [0.717, 1.165) is 10.5 Å². The average molecular weight is 375 g/mol. The molecule has 1 atom stereocenters. The van der Waals surface area contributed by atoms with Gasteiger partial charge < -0.3 is 19.9 Å². The molecule has 0 saturated heterocycles. The fourth-order valence-corrected chi connectivity index (χ4v) is 2.89. The van der Waals surface area contributed by atoms with Gasteiger partial charge in [0.1, 0.15) is 0 Å². The van der Waals surface area contributed by atoms with Crippen LogP contribution in [0.1, 0.15) is 28.4 Å². The van der Waals surface area contributed by atoms with E-state index in [1.807, 2.05) is 30.5 Å². The molecule has 138 valence electrons. The van der Waals surface area contributed by atoms with E-state index in [1.54, 1.807) is 30.0 Å². The number of methoxy groups -OCH3 is 2. The standard InChI is InChI=1S/C19H21NO5S/c1-24-16-9-6-13(10-17(16)25-2)19(23)20-15(11-18(21)22)12-4-7-14(26-3)8-5-12/h4-10,15H,11H2,1-3H3,(H,20,23)(H,21,22). The summed E-state index contributed by atoms with van der Waals surface area (Å²) in [6, 6.07) is 11.6. The van der Waals surface area contributed by atoms with Crippen LogP contribution in [0.4, 0.5) is 0 Å². The molecule has 0 aliphatic carbocycles. The zero-order valence-electron chi connectivity index (χ0n) is 14.8. The van der Waals surface area contributed by atoms with Gasteiger partial charge in [-0.1, -0.05) is 12.1 Å². The van der Waals surface area contributed by atoms with E-state index in [-0.39, 0.29) is 12.3 Å². The molecular formula is C19H21NO5S. The number of aliphatic carboxylic acids is 1. The molecule has 0 aliphatic rings. The molecule has 26 heavy (non-hydrogen) atoms. The molecule has 6 nitrogen and oxygen atoms in total. The molecule has 1 amide bonds. The summed E-state index contributed by atoms with van der Waals surface area (Å²) in [4.78, 5) is 24.9. The first-order valence-electron chi connectivity index (χ1n) is 7.87. The number of nitrogens with one attached hydrogen (secondary N) is 1. The second-order valence-electron chi connectivity index (χ2n) is 5.47. The number of carboxylic acids is 1. The number of hydrogen-bond acceptors (Lipinski definition) is 5. The lowest BCUT2D eigenvalue weighted by molar-refractivity contribution is -0.137. The summed E-state index contributed by atoms with van der Waals surface area (Å²) in [6.07, 6.45) is 1.75. The van der Waals surface area contributed by atoms with Gasteiger partial charge in [0.25, 0.3) is 5.91 Å². The van der Waals surface area contributed by atoms with E-state index in [4.69, 9.17) is 9.47 Å². The highest BCUT2D eigenvalue weighted by atomic mass is 32.2. The molecule has 0 aliphatic heterocycles. The maximum atomic E-state index is 12.6. The number of benzene rings is 2. The van der Waals surface area contributed by atoms with Gasteiger partial charge in [-0.25, -0.2) is 0 Å². The van der Waals surface area contributed by atoms with Crippen LogP contribution in [0, 0.1) is 0 Å². The number of thioether (sulfide) groups is 1. The van der Waals surface area contributed by atoms with Crippen molar-refractivity contribution in [2.24, 2.45) is 0 Å². The van der Waals surface area contributed by atoms with Crippen LogP contribution in [0.15, 0.2) is 47.4 Å². The molecule has 2 N–H and O–H groups in total. The van der Waals surface area contributed by atoms with Crippen molar-refractivity contribution in [1.29, 1.82) is 0 Å². The van der Waals surface area contributed by atoms with Crippen molar-refractivity contribution in [2.45, 2.75) is 17.4 Å². The monoisotopic (exact) mass is 375 g/mol. The first-order chi connectivity index (χ1) is 12.5. The maximum absolute atomic E-state index is 12.6. The molecule has 0 bridgehead atoms. The van der Waals surface area contributed by atoms with E-state index in [0.29, 0.717) is 17.1 Å². The first kappa shape index (κ1) is 19.7. The summed E-state index contributed by atoms with van der Waals surface area (Å²) in [5.74, 6) is -0.430. The molecule has 2 rings (SSSR count). The topological polar surface area (TPSA) is 84.9 Å². The van der Waals surface area contributed by atoms with Gasteiger partial charge in [0.15, 0.2) is 11.5 Å². The summed E-state index contributed by atoms with van der Waals surface area (Å²) < 4.78 is 10.4. The predicted octanol–water partition coefficient (Wildman–Crippen LogP) is 3.37. The minimum atomic E-state index is -0.989. The van der Waals surface area contributed by atoms with E-state index in [2.05, 4.69) is 5.32 Å². The normalized spacial score (nSPS) is 11.5. The number of carbonyl (C=O) groups is 2. The Kier molecular flexibility index (Phi) is 6.91. The van der Waals surface area contributed by atoms with Gasteiger partial charge >= 0.3 is 5.97 Å². The van der Waals surface area contributed by atoms with Crippen LogP contribution in [0.2, 0.25) is 0 Å². The van der Waals surface area contributed by atoms with Crippen LogP contribution in [0.25, 0.3) is 0 Å². The van der Waals surface area contributed by atoms with Crippen molar-refractivity contribution < 1.29 is 24.2 Å². The number of carboxylic acid groups (broad SMARTS) is 1. The Morgan fingerprint density at radius 1 is 1.08 bits per heavy atom. The third kappa shape index (κ3) is 4.92. The third-order valence-electron chi connectivity index (χ3n) is 3.85. The summed E-state index contributed by atoms with van der Waals surface area (Å²) in [7, 11) is 3.00. The number of carbonyl (C=O) groups excluding carboxylic acids is 1. The Bertz CT molecular complexity index is 776. The fourth-order valence-electron chi connectivity index (χ4n) is 2.48. The van der Waals surface area contributed by atoms with Crippen molar-refractivity contribution >= 4 is 23.6 Å². The number of rotatable bonds is 8. The Hall–Kier alpha value is -2.67. The predicted molar refractivity (Wildman–Crippen MR) is 100 cm³/mol. The van der Waals surface area contributed by atoms with Crippen LogP contribution >= 0.6 is 11.8 Å². The Morgan fingerprint density at radius 3 is 2.27 bits per heavy atom. The van der Waals surface area contributed by atoms with E-state index < -0.39 is 12.0 Å². The quantitative estimate of drug-likeness (QED) is 0.688. The molecule has 2 aromatic rings. The minimum Gasteiger partial charge on any atom is -0.493 e. The van der Waals surface area contributed by atoms with E-state index in [1.165, 1.54) is 14.2 Å². The summed E-state index contributed by atoms with van der Waals surface area (Å²) in [5, 5.41) is 12.0. The van der Waals surface area contributed by atoms with Gasteiger partial charge in [-0.3, -0.25) is 9.59 Å². The highest BCUT2D eigenvalue weighted by Crippen LogP contribution is 2.28. The molecule has 0 radical (unpaired) electrons. The zero-order valence-corrected chi connectivity index (χ0v) is 15.6. The average Bonchev–Trinajstić information content (AvgIpc) is 2.66. The van der Waals surface area contributed by atoms with Gasteiger partial charge in [-0.15, -0.1) is 11.8 Å². The second kappa shape index (κ2) is 9.15. The Balaban J connectivity index is 2.24. The maximum Gasteiger partial charge on any atom is 0.305 e. The van der Waals surface area contributed by atoms with Crippen LogP contribution in [-0.2, 0) is 4.79 Å². The summed E-state index contributed by atoms with van der Waals surface area (Å²) in [6.45, 7) is 0. The molecule has 0 saturated carbocycles. The third-order valence-corrected chi connectivity index (χ3v) is 4.59. The van der Waals surface area contributed by atoms with Crippen molar-refractivity contribution in [3.8, 4) is 11.5 Å². The molecule has 1 unspecified atom stereocenters. The molecule has 0 heterocycles. The van der Waals surface area contributed by atoms with Crippen LogP contribution in [0.5, 0.6) is 11.5 Å². The van der Waals surface area contributed by atoms with Gasteiger partial charge in [0.05, 0.1) is 26.7 Å². The van der Waals surface area contributed by atoms with E-state index >= 15 is 0 Å². The fraction of sp³-hybridized carbons (Fsp3) is 0.263. The molecule has 2 aromatic carbocycles. The van der Waals surface area contributed by atoms with Crippen molar-refractivity contribution in [2.75, 3.05) is 20.5 Å². The lowest BCUT2D eigenvalue weighted by Gasteiger charge is -2.18. The number of ether oxygens (including phenoxy) is 2.